The average molecular weight is 438 g/mol. The highest BCUT2D eigenvalue weighted by Crippen LogP contribution is 2.56. The Morgan fingerprint density at radius 2 is 1.68 bits per heavy atom. The molecule has 0 saturated carbocycles. The van der Waals surface area contributed by atoms with E-state index in [2.05, 4.69) is 0 Å². The van der Waals surface area contributed by atoms with Crippen molar-refractivity contribution in [1.29, 1.82) is 0 Å². The number of ether oxygens (including phenoxy) is 3. The number of thioether (sulfide) groups is 1. The third-order valence-corrected chi connectivity index (χ3v) is 7.01. The van der Waals surface area contributed by atoms with Gasteiger partial charge in [0, 0.05) is 11.5 Å². The molecule has 2 N–H and O–H groups in total. The first-order chi connectivity index (χ1) is 15.0. The highest BCUT2D eigenvalue weighted by Gasteiger charge is 2.59. The lowest BCUT2D eigenvalue weighted by atomic mass is 9.77. The van der Waals surface area contributed by atoms with Crippen LogP contribution in [-0.2, 0) is 14.4 Å². The summed E-state index contributed by atoms with van der Waals surface area (Å²) in [5, 5.41) is -0.580. The zero-order valence-corrected chi connectivity index (χ0v) is 17.5. The fraction of sp³-hybridized carbons (Fsp3) is 0.227. The van der Waals surface area contributed by atoms with Gasteiger partial charge in [-0.25, -0.2) is 9.69 Å². The van der Waals surface area contributed by atoms with Gasteiger partial charge >= 0.3 is 5.97 Å². The molecule has 9 heteroatoms. The second-order valence-corrected chi connectivity index (χ2v) is 8.46. The molecular formula is C22H18N2O6S. The van der Waals surface area contributed by atoms with E-state index in [-0.39, 0.29) is 16.4 Å². The molecule has 1 fully saturated rings. The Balaban J connectivity index is 1.68. The second kappa shape index (κ2) is 7.05. The standard InChI is InChI=1S/C22H18N2O6S/c1-28-12-8-4-3-7-11(12)24-20(25)15-14-10-6-5-9-13(29-2)17(10)30-22(27)16(14)19(23)31-18(15)21(24)26/h3-9,14-15,18H,23H2,1-2H3/t14-,15-,18+/m0/s1. The van der Waals surface area contributed by atoms with Gasteiger partial charge in [-0.2, -0.15) is 0 Å². The molecule has 2 aromatic rings. The van der Waals surface area contributed by atoms with Crippen LogP contribution in [0.2, 0.25) is 0 Å². The highest BCUT2D eigenvalue weighted by molar-refractivity contribution is 8.04. The number of nitrogens with zero attached hydrogens (tertiary/aromatic N) is 1. The fourth-order valence-electron chi connectivity index (χ4n) is 4.47. The van der Waals surface area contributed by atoms with Gasteiger partial charge in [-0.3, -0.25) is 9.59 Å². The van der Waals surface area contributed by atoms with E-state index in [1.165, 1.54) is 14.2 Å². The summed E-state index contributed by atoms with van der Waals surface area (Å²) in [6.07, 6.45) is 0. The van der Waals surface area contributed by atoms with Gasteiger partial charge in [0.15, 0.2) is 11.5 Å². The van der Waals surface area contributed by atoms with Crippen LogP contribution in [0.5, 0.6) is 17.2 Å². The quantitative estimate of drug-likeness (QED) is 0.441. The third-order valence-electron chi connectivity index (χ3n) is 5.79. The van der Waals surface area contributed by atoms with Crippen LogP contribution in [0.4, 0.5) is 5.69 Å². The van der Waals surface area contributed by atoms with Gasteiger partial charge in [0.05, 0.1) is 36.4 Å². The van der Waals surface area contributed by atoms with E-state index in [1.54, 1.807) is 42.5 Å². The molecule has 0 aliphatic carbocycles. The zero-order valence-electron chi connectivity index (χ0n) is 16.7. The van der Waals surface area contributed by atoms with Crippen molar-refractivity contribution in [2.75, 3.05) is 19.1 Å². The Labute approximate surface area is 181 Å². The molecule has 3 heterocycles. The Kier molecular flexibility index (Phi) is 4.44. The number of methoxy groups -OCH3 is 2. The largest absolute Gasteiger partial charge is 0.495 e. The zero-order chi connectivity index (χ0) is 21.9. The molecule has 3 atom stereocenters. The summed E-state index contributed by atoms with van der Waals surface area (Å²) in [4.78, 5) is 41.0. The number of hydrogen-bond donors (Lipinski definition) is 1. The van der Waals surface area contributed by atoms with Crippen molar-refractivity contribution in [3.05, 3.63) is 58.6 Å². The van der Waals surface area contributed by atoms with Crippen LogP contribution in [-0.4, -0.2) is 37.3 Å². The summed E-state index contributed by atoms with van der Waals surface area (Å²) < 4.78 is 16.2. The Morgan fingerprint density at radius 3 is 2.42 bits per heavy atom. The lowest BCUT2D eigenvalue weighted by Crippen LogP contribution is -2.39. The van der Waals surface area contributed by atoms with Gasteiger partial charge < -0.3 is 19.9 Å². The highest BCUT2D eigenvalue weighted by atomic mass is 32.2. The first-order valence-corrected chi connectivity index (χ1v) is 10.4. The van der Waals surface area contributed by atoms with Crippen molar-refractivity contribution in [2.24, 2.45) is 11.7 Å². The van der Waals surface area contributed by atoms with Gasteiger partial charge in [-0.15, -0.1) is 0 Å². The van der Waals surface area contributed by atoms with Gasteiger partial charge in [-0.1, -0.05) is 36.0 Å². The molecule has 0 aromatic heterocycles. The van der Waals surface area contributed by atoms with E-state index < -0.39 is 34.9 Å². The van der Waals surface area contributed by atoms with Crippen LogP contribution < -0.4 is 24.8 Å². The van der Waals surface area contributed by atoms with Crippen molar-refractivity contribution in [2.45, 2.75) is 11.2 Å². The smallest absolute Gasteiger partial charge is 0.342 e. The normalized spacial score (nSPS) is 24.4. The number of esters is 1. The molecule has 8 nitrogen and oxygen atoms in total. The van der Waals surface area contributed by atoms with Crippen molar-refractivity contribution in [1.82, 2.24) is 0 Å². The van der Waals surface area contributed by atoms with Crippen molar-refractivity contribution in [3.8, 4) is 17.2 Å². The molecule has 2 aromatic carbocycles. The van der Waals surface area contributed by atoms with Crippen molar-refractivity contribution >= 4 is 35.2 Å². The van der Waals surface area contributed by atoms with Crippen LogP contribution >= 0.6 is 11.8 Å². The third kappa shape index (κ3) is 2.66. The molecule has 1 saturated heterocycles. The van der Waals surface area contributed by atoms with Crippen LogP contribution in [0, 0.1) is 5.92 Å². The minimum Gasteiger partial charge on any atom is -0.495 e. The number of anilines is 1. The molecular weight excluding hydrogens is 420 g/mol. The molecule has 0 unspecified atom stereocenters. The maximum atomic E-state index is 13.6. The maximum Gasteiger partial charge on any atom is 0.342 e. The monoisotopic (exact) mass is 438 g/mol. The Hall–Kier alpha value is -3.46. The number of nitrogens with two attached hydrogens (primary N) is 1. The Morgan fingerprint density at radius 1 is 0.968 bits per heavy atom. The number of hydrogen-bond acceptors (Lipinski definition) is 8. The number of rotatable bonds is 3. The molecule has 3 aliphatic heterocycles. The average Bonchev–Trinajstić information content (AvgIpc) is 3.02. The van der Waals surface area contributed by atoms with E-state index in [0.717, 1.165) is 16.7 Å². The fourth-order valence-corrected chi connectivity index (χ4v) is 5.70. The van der Waals surface area contributed by atoms with Gasteiger partial charge in [0.2, 0.25) is 11.8 Å². The number of benzene rings is 2. The molecule has 0 spiro atoms. The predicted molar refractivity (Wildman–Crippen MR) is 113 cm³/mol. The Bertz CT molecular complexity index is 1180. The van der Waals surface area contributed by atoms with Gasteiger partial charge in [0.1, 0.15) is 11.0 Å². The van der Waals surface area contributed by atoms with E-state index in [4.69, 9.17) is 19.9 Å². The lowest BCUT2D eigenvalue weighted by molar-refractivity contribution is -0.132. The summed E-state index contributed by atoms with van der Waals surface area (Å²) in [5.41, 5.74) is 7.37. The SMILES string of the molecule is COc1ccccc1N1C(=O)[C@@H]2[C@@H](SC(N)=C3C(=O)Oc4c(OC)cccc4[C@H]32)C1=O. The van der Waals surface area contributed by atoms with Gasteiger partial charge in [-0.05, 0) is 18.2 Å². The van der Waals surface area contributed by atoms with E-state index in [9.17, 15) is 14.4 Å². The number of para-hydroxylation sites is 3. The summed E-state index contributed by atoms with van der Waals surface area (Å²) in [6.45, 7) is 0. The van der Waals surface area contributed by atoms with Gasteiger partial charge in [0.25, 0.3) is 0 Å². The van der Waals surface area contributed by atoms with E-state index in [1.807, 2.05) is 0 Å². The summed E-state index contributed by atoms with van der Waals surface area (Å²) in [6, 6.07) is 12.0. The first kappa shape index (κ1) is 19.5. The number of imide groups is 1. The molecule has 5 rings (SSSR count). The van der Waals surface area contributed by atoms with Crippen LogP contribution in [0.1, 0.15) is 11.5 Å². The predicted octanol–water partition coefficient (Wildman–Crippen LogP) is 2.18. The van der Waals surface area contributed by atoms with Crippen molar-refractivity contribution in [3.63, 3.8) is 0 Å². The number of amides is 2. The maximum absolute atomic E-state index is 13.6. The topological polar surface area (TPSA) is 108 Å². The molecule has 3 aliphatic rings. The molecule has 31 heavy (non-hydrogen) atoms. The molecule has 158 valence electrons. The molecule has 0 bridgehead atoms. The number of carbonyl (C=O) groups excluding carboxylic acids is 3. The van der Waals surface area contributed by atoms with Crippen LogP contribution in [0.3, 0.4) is 0 Å². The second-order valence-electron chi connectivity index (χ2n) is 7.27. The minimum absolute atomic E-state index is 0.188. The van der Waals surface area contributed by atoms with E-state index >= 15 is 0 Å². The summed E-state index contributed by atoms with van der Waals surface area (Å²) >= 11 is 1.03. The summed E-state index contributed by atoms with van der Waals surface area (Å²) in [7, 11) is 2.94. The summed E-state index contributed by atoms with van der Waals surface area (Å²) in [5.74, 6) is -1.95. The van der Waals surface area contributed by atoms with Crippen LogP contribution in [0.15, 0.2) is 53.1 Å². The minimum atomic E-state index is -0.816. The molecule has 0 radical (unpaired) electrons. The first-order valence-electron chi connectivity index (χ1n) is 9.54. The number of fused-ring (bicyclic) bond motifs is 5. The number of carbonyl (C=O) groups is 3. The van der Waals surface area contributed by atoms with Crippen molar-refractivity contribution < 1.29 is 28.6 Å². The van der Waals surface area contributed by atoms with Crippen LogP contribution in [0.25, 0.3) is 0 Å². The molecule has 2 amide bonds. The van der Waals surface area contributed by atoms with E-state index in [0.29, 0.717) is 22.7 Å². The lowest BCUT2D eigenvalue weighted by Gasteiger charge is -2.36.